The van der Waals surface area contributed by atoms with Crippen LogP contribution in [0, 0.1) is 11.8 Å². The molecule has 0 bridgehead atoms. The van der Waals surface area contributed by atoms with Crippen molar-refractivity contribution in [1.82, 2.24) is 10.9 Å². The van der Waals surface area contributed by atoms with Crippen LogP contribution in [0.5, 0.6) is 0 Å². The van der Waals surface area contributed by atoms with E-state index in [9.17, 15) is 0 Å². The summed E-state index contributed by atoms with van der Waals surface area (Å²) in [6.45, 7) is 6.40. The van der Waals surface area contributed by atoms with Crippen molar-refractivity contribution >= 4 is 11.8 Å². The molecule has 0 amide bonds. The van der Waals surface area contributed by atoms with Crippen LogP contribution in [0.15, 0.2) is 10.2 Å². The van der Waals surface area contributed by atoms with E-state index in [-0.39, 0.29) is 0 Å². The molecule has 16 heavy (non-hydrogen) atoms. The van der Waals surface area contributed by atoms with Crippen LogP contribution >= 0.6 is 0 Å². The van der Waals surface area contributed by atoms with Crippen molar-refractivity contribution in [2.45, 2.75) is 33.1 Å². The smallest absolute Gasteiger partial charge is 0.218 e. The lowest BCUT2D eigenvalue weighted by Gasteiger charge is -2.25. The summed E-state index contributed by atoms with van der Waals surface area (Å²) in [5.41, 5.74) is 2.72. The monoisotopic (exact) mass is 224 g/mol. The minimum absolute atomic E-state index is 0.436. The van der Waals surface area contributed by atoms with Gasteiger partial charge in [-0.05, 0) is 31.8 Å². The average molecular weight is 224 g/mol. The van der Waals surface area contributed by atoms with E-state index in [1.807, 2.05) is 0 Å². The number of hydrazone groups is 2. The van der Waals surface area contributed by atoms with Crippen molar-refractivity contribution in [3.8, 4) is 0 Å². The highest BCUT2D eigenvalue weighted by atomic mass is 16.5. The fourth-order valence-corrected chi connectivity index (χ4v) is 1.98. The van der Waals surface area contributed by atoms with Crippen LogP contribution in [0.25, 0.3) is 0 Å². The molecule has 0 aromatic heterocycles. The highest BCUT2D eigenvalue weighted by Crippen LogP contribution is 2.17. The zero-order valence-corrected chi connectivity index (χ0v) is 9.99. The molecule has 2 aliphatic rings. The Morgan fingerprint density at radius 2 is 2.06 bits per heavy atom. The highest BCUT2D eigenvalue weighted by molar-refractivity contribution is 5.93. The maximum atomic E-state index is 5.75. The number of nitrogens with one attached hydrogen (secondary N) is 2. The van der Waals surface area contributed by atoms with Crippen molar-refractivity contribution in [1.29, 1.82) is 0 Å². The van der Waals surface area contributed by atoms with E-state index in [1.54, 1.807) is 0 Å². The second-order valence-electron chi connectivity index (χ2n) is 4.78. The third-order valence-corrected chi connectivity index (χ3v) is 2.83. The average Bonchev–Trinajstić information content (AvgIpc) is 2.30. The Bertz CT molecular complexity index is 292. The van der Waals surface area contributed by atoms with Crippen LogP contribution in [0.2, 0.25) is 0 Å². The van der Waals surface area contributed by atoms with Crippen LogP contribution in [-0.4, -0.2) is 24.9 Å². The lowest BCUT2D eigenvalue weighted by molar-refractivity contribution is 0.369. The second-order valence-corrected chi connectivity index (χ2v) is 4.78. The van der Waals surface area contributed by atoms with Crippen LogP contribution in [-0.2, 0) is 4.74 Å². The molecule has 2 rings (SSSR count). The maximum Gasteiger partial charge on any atom is 0.218 e. The molecule has 90 valence electrons. The summed E-state index contributed by atoms with van der Waals surface area (Å²) in [6, 6.07) is 0. The summed E-state index contributed by atoms with van der Waals surface area (Å²) in [4.78, 5) is 0. The van der Waals surface area contributed by atoms with Crippen LogP contribution in [0.4, 0.5) is 0 Å². The van der Waals surface area contributed by atoms with Gasteiger partial charge in [0.1, 0.15) is 0 Å². The topological polar surface area (TPSA) is 58.0 Å². The van der Waals surface area contributed by atoms with Gasteiger partial charge in [0.2, 0.25) is 11.8 Å². The van der Waals surface area contributed by atoms with Crippen LogP contribution in [0.1, 0.15) is 33.1 Å². The van der Waals surface area contributed by atoms with Gasteiger partial charge in [0, 0.05) is 12.3 Å². The molecule has 2 N–H and O–H groups in total. The van der Waals surface area contributed by atoms with E-state index in [0.717, 1.165) is 44.1 Å². The molecular weight excluding hydrogens is 204 g/mol. The quantitative estimate of drug-likeness (QED) is 0.759. The second kappa shape index (κ2) is 5.30. The van der Waals surface area contributed by atoms with E-state index in [1.165, 1.54) is 0 Å². The summed E-state index contributed by atoms with van der Waals surface area (Å²) in [7, 11) is 0. The number of hydrogen-bond donors (Lipinski definition) is 2. The van der Waals surface area contributed by atoms with Gasteiger partial charge in [-0.1, -0.05) is 13.8 Å². The first-order chi connectivity index (χ1) is 7.75. The number of hydrogen-bond acceptors (Lipinski definition) is 5. The number of nitrogens with zero attached hydrogens (tertiary/aromatic N) is 2. The predicted molar refractivity (Wildman–Crippen MR) is 64.1 cm³/mol. The Morgan fingerprint density at radius 3 is 2.75 bits per heavy atom. The zero-order chi connectivity index (χ0) is 11.4. The lowest BCUT2D eigenvalue weighted by Crippen LogP contribution is -2.36. The molecule has 0 saturated carbocycles. The van der Waals surface area contributed by atoms with Crippen molar-refractivity contribution in [3.05, 3.63) is 0 Å². The van der Waals surface area contributed by atoms with Gasteiger partial charge in [0.05, 0.1) is 0 Å². The standard InChI is InChI=1S/C11H20N4O/c1-8(2)7-10-13-15-14-11(16-10)9-3-5-12-6-4-9/h8-9,12,15H,3-7H2,1-2H3. The summed E-state index contributed by atoms with van der Waals surface area (Å²) in [5.74, 6) is 2.56. The van der Waals surface area contributed by atoms with Gasteiger partial charge in [0.25, 0.3) is 0 Å². The zero-order valence-electron chi connectivity index (χ0n) is 9.99. The fourth-order valence-electron chi connectivity index (χ4n) is 1.98. The molecule has 1 fully saturated rings. The normalized spacial score (nSPS) is 22.2. The Morgan fingerprint density at radius 1 is 1.31 bits per heavy atom. The first-order valence-electron chi connectivity index (χ1n) is 6.03. The number of piperidine rings is 1. The van der Waals surface area contributed by atoms with Crippen LogP contribution in [0.3, 0.4) is 0 Å². The molecule has 0 aliphatic carbocycles. The summed E-state index contributed by atoms with van der Waals surface area (Å²) >= 11 is 0. The maximum absolute atomic E-state index is 5.75. The first kappa shape index (κ1) is 11.4. The Kier molecular flexibility index (Phi) is 3.77. The summed E-state index contributed by atoms with van der Waals surface area (Å²) < 4.78 is 5.75. The number of ether oxygens (including phenoxy) is 1. The largest absolute Gasteiger partial charge is 0.425 e. The van der Waals surface area contributed by atoms with Crippen molar-refractivity contribution in [2.24, 2.45) is 22.0 Å². The minimum atomic E-state index is 0.436. The van der Waals surface area contributed by atoms with Gasteiger partial charge >= 0.3 is 0 Å². The molecule has 0 unspecified atom stereocenters. The van der Waals surface area contributed by atoms with E-state index in [0.29, 0.717) is 11.8 Å². The summed E-state index contributed by atoms with van der Waals surface area (Å²) in [6.07, 6.45) is 3.04. The van der Waals surface area contributed by atoms with Gasteiger partial charge in [0.15, 0.2) is 0 Å². The fraction of sp³-hybridized carbons (Fsp3) is 0.818. The van der Waals surface area contributed by atoms with Gasteiger partial charge in [-0.2, -0.15) is 5.53 Å². The van der Waals surface area contributed by atoms with E-state index >= 15 is 0 Å². The van der Waals surface area contributed by atoms with Gasteiger partial charge in [-0.25, -0.2) is 0 Å². The third-order valence-electron chi connectivity index (χ3n) is 2.83. The Balaban J connectivity index is 1.89. The molecule has 0 aromatic carbocycles. The molecule has 1 saturated heterocycles. The van der Waals surface area contributed by atoms with Gasteiger partial charge < -0.3 is 10.1 Å². The molecular formula is C11H20N4O. The molecule has 0 aromatic rings. The summed E-state index contributed by atoms with van der Waals surface area (Å²) in [5, 5.41) is 11.5. The Hall–Kier alpha value is -1.10. The molecule has 5 nitrogen and oxygen atoms in total. The first-order valence-corrected chi connectivity index (χ1v) is 6.03. The molecule has 2 heterocycles. The van der Waals surface area contributed by atoms with E-state index in [4.69, 9.17) is 4.74 Å². The van der Waals surface area contributed by atoms with Gasteiger partial charge in [-0.3, -0.25) is 0 Å². The molecule has 5 heteroatoms. The number of rotatable bonds is 3. The van der Waals surface area contributed by atoms with Crippen LogP contribution < -0.4 is 10.9 Å². The highest BCUT2D eigenvalue weighted by Gasteiger charge is 2.24. The van der Waals surface area contributed by atoms with E-state index < -0.39 is 0 Å². The molecule has 0 atom stereocenters. The Labute approximate surface area is 96.3 Å². The third kappa shape index (κ3) is 2.95. The lowest BCUT2D eigenvalue weighted by atomic mass is 9.98. The molecule has 2 aliphatic heterocycles. The molecule has 0 radical (unpaired) electrons. The minimum Gasteiger partial charge on any atom is -0.425 e. The predicted octanol–water partition coefficient (Wildman–Crippen LogP) is 1.28. The van der Waals surface area contributed by atoms with Crippen molar-refractivity contribution in [3.63, 3.8) is 0 Å². The van der Waals surface area contributed by atoms with E-state index in [2.05, 4.69) is 34.9 Å². The van der Waals surface area contributed by atoms with Crippen molar-refractivity contribution in [2.75, 3.05) is 13.1 Å². The van der Waals surface area contributed by atoms with Gasteiger partial charge in [-0.15, -0.1) is 10.2 Å². The molecule has 0 spiro atoms. The SMILES string of the molecule is CC(C)CC1=NNN=C(C2CCNCC2)O1. The van der Waals surface area contributed by atoms with Crippen molar-refractivity contribution < 1.29 is 4.74 Å².